The Morgan fingerprint density at radius 1 is 1.39 bits per heavy atom. The van der Waals surface area contributed by atoms with Crippen LogP contribution in [-0.2, 0) is 14.8 Å². The number of hydrogen-bond donors (Lipinski definition) is 3. The van der Waals surface area contributed by atoms with Crippen molar-refractivity contribution in [1.82, 2.24) is 10.0 Å². The highest BCUT2D eigenvalue weighted by atomic mass is 32.2. The summed E-state index contributed by atoms with van der Waals surface area (Å²) in [6.07, 6.45) is 0. The Kier molecular flexibility index (Phi) is 4.69. The van der Waals surface area contributed by atoms with Gasteiger partial charge in [0.25, 0.3) is 0 Å². The number of nitrogens with two attached hydrogens (primary N) is 1. The summed E-state index contributed by atoms with van der Waals surface area (Å²) < 4.78 is 26.2. The zero-order chi connectivity index (χ0) is 13.8. The first-order valence-electron chi connectivity index (χ1n) is 5.50. The lowest BCUT2D eigenvalue weighted by molar-refractivity contribution is -0.119. The normalized spacial score (nSPS) is 11.2. The molecule has 1 aromatic carbocycles. The van der Waals surface area contributed by atoms with Crippen LogP contribution in [0, 0.1) is 6.92 Å². The average Bonchev–Trinajstić information content (AvgIpc) is 2.30. The highest BCUT2D eigenvalue weighted by Crippen LogP contribution is 2.19. The molecule has 0 aliphatic rings. The molecule has 0 saturated heterocycles. The topological polar surface area (TPSA) is 101 Å². The molecular formula is C11H17N3O3S. The van der Waals surface area contributed by atoms with Gasteiger partial charge in [-0.25, -0.2) is 13.1 Å². The van der Waals surface area contributed by atoms with Crippen LogP contribution < -0.4 is 15.8 Å². The minimum absolute atomic E-state index is 0.0896. The summed E-state index contributed by atoms with van der Waals surface area (Å²) in [5, 5.41) is 2.50. The van der Waals surface area contributed by atoms with Gasteiger partial charge in [0.15, 0.2) is 0 Å². The Labute approximate surface area is 107 Å². The maximum atomic E-state index is 12.0. The van der Waals surface area contributed by atoms with E-state index < -0.39 is 10.0 Å². The van der Waals surface area contributed by atoms with E-state index in [0.717, 1.165) is 0 Å². The summed E-state index contributed by atoms with van der Waals surface area (Å²) in [6.45, 7) is 3.55. The highest BCUT2D eigenvalue weighted by Gasteiger charge is 2.18. The first-order valence-corrected chi connectivity index (χ1v) is 6.98. The molecule has 0 aliphatic carbocycles. The number of sulfonamides is 1. The molecule has 0 saturated carbocycles. The quantitative estimate of drug-likeness (QED) is 0.656. The summed E-state index contributed by atoms with van der Waals surface area (Å²) >= 11 is 0. The molecule has 0 aromatic heterocycles. The van der Waals surface area contributed by atoms with Crippen LogP contribution in [0.2, 0.25) is 0 Å². The van der Waals surface area contributed by atoms with E-state index in [1.807, 2.05) is 0 Å². The number of benzene rings is 1. The van der Waals surface area contributed by atoms with Crippen molar-refractivity contribution in [2.45, 2.75) is 18.7 Å². The van der Waals surface area contributed by atoms with Crippen LogP contribution in [0.5, 0.6) is 0 Å². The molecular weight excluding hydrogens is 254 g/mol. The number of amides is 1. The molecule has 0 unspecified atom stereocenters. The fourth-order valence-electron chi connectivity index (χ4n) is 1.42. The Morgan fingerprint density at radius 2 is 2.06 bits per heavy atom. The molecule has 0 spiro atoms. The van der Waals surface area contributed by atoms with Crippen molar-refractivity contribution in [1.29, 1.82) is 0 Å². The van der Waals surface area contributed by atoms with Crippen LogP contribution in [0.25, 0.3) is 0 Å². The highest BCUT2D eigenvalue weighted by molar-refractivity contribution is 7.89. The van der Waals surface area contributed by atoms with Crippen molar-refractivity contribution in [2.24, 2.45) is 0 Å². The van der Waals surface area contributed by atoms with E-state index in [9.17, 15) is 13.2 Å². The number of carbonyl (C=O) groups excluding carboxylic acids is 1. The second kappa shape index (κ2) is 5.83. The smallest absolute Gasteiger partial charge is 0.241 e. The molecule has 18 heavy (non-hydrogen) atoms. The third-order valence-corrected chi connectivity index (χ3v) is 3.96. The molecule has 7 heteroatoms. The Balaban J connectivity index is 2.87. The lowest BCUT2D eigenvalue weighted by Crippen LogP contribution is -2.37. The van der Waals surface area contributed by atoms with Crippen LogP contribution in [0.4, 0.5) is 5.69 Å². The van der Waals surface area contributed by atoms with E-state index in [0.29, 0.717) is 17.8 Å². The lowest BCUT2D eigenvalue weighted by atomic mass is 10.2. The van der Waals surface area contributed by atoms with Crippen molar-refractivity contribution >= 4 is 21.6 Å². The van der Waals surface area contributed by atoms with Gasteiger partial charge in [-0.3, -0.25) is 4.79 Å². The van der Waals surface area contributed by atoms with Gasteiger partial charge in [0.05, 0.1) is 11.4 Å². The zero-order valence-corrected chi connectivity index (χ0v) is 11.2. The third-order valence-electron chi connectivity index (χ3n) is 2.41. The molecule has 4 N–H and O–H groups in total. The number of anilines is 1. The number of hydrogen-bond acceptors (Lipinski definition) is 4. The van der Waals surface area contributed by atoms with Gasteiger partial charge in [-0.15, -0.1) is 0 Å². The number of nitrogens with one attached hydrogen (secondary N) is 2. The van der Waals surface area contributed by atoms with Crippen LogP contribution in [0.15, 0.2) is 23.1 Å². The van der Waals surface area contributed by atoms with Gasteiger partial charge < -0.3 is 11.1 Å². The molecule has 0 bridgehead atoms. The zero-order valence-electron chi connectivity index (χ0n) is 10.4. The largest absolute Gasteiger partial charge is 0.398 e. The SMILES string of the molecule is CCNC(=O)CNS(=O)(=O)c1cccc(N)c1C. The summed E-state index contributed by atoms with van der Waals surface area (Å²) in [7, 11) is -3.72. The van der Waals surface area contributed by atoms with Gasteiger partial charge in [0.2, 0.25) is 15.9 Å². The summed E-state index contributed by atoms with van der Waals surface area (Å²) in [6, 6.07) is 4.63. The molecule has 1 rings (SSSR count). The predicted molar refractivity (Wildman–Crippen MR) is 69.5 cm³/mol. The van der Waals surface area contributed by atoms with Gasteiger partial charge in [0.1, 0.15) is 0 Å². The van der Waals surface area contributed by atoms with Gasteiger partial charge >= 0.3 is 0 Å². The first kappa shape index (κ1) is 14.5. The van der Waals surface area contributed by atoms with Crippen molar-refractivity contribution in [3.05, 3.63) is 23.8 Å². The number of carbonyl (C=O) groups is 1. The van der Waals surface area contributed by atoms with Gasteiger partial charge in [-0.05, 0) is 31.5 Å². The molecule has 0 heterocycles. The van der Waals surface area contributed by atoms with E-state index in [2.05, 4.69) is 10.0 Å². The molecule has 0 radical (unpaired) electrons. The molecule has 0 aliphatic heterocycles. The average molecular weight is 271 g/mol. The second-order valence-electron chi connectivity index (χ2n) is 3.75. The standard InChI is InChI=1S/C11H17N3O3S/c1-3-13-11(15)7-14-18(16,17)10-6-4-5-9(12)8(10)2/h4-6,14H,3,7,12H2,1-2H3,(H,13,15). The van der Waals surface area contributed by atoms with E-state index in [4.69, 9.17) is 5.73 Å². The Morgan fingerprint density at radius 3 is 2.67 bits per heavy atom. The van der Waals surface area contributed by atoms with Crippen molar-refractivity contribution in [2.75, 3.05) is 18.8 Å². The van der Waals surface area contributed by atoms with E-state index in [1.165, 1.54) is 6.07 Å². The van der Waals surface area contributed by atoms with E-state index in [1.54, 1.807) is 26.0 Å². The van der Waals surface area contributed by atoms with Gasteiger partial charge in [0, 0.05) is 12.2 Å². The lowest BCUT2D eigenvalue weighted by Gasteiger charge is -2.10. The molecule has 1 amide bonds. The van der Waals surface area contributed by atoms with Crippen molar-refractivity contribution in [3.63, 3.8) is 0 Å². The van der Waals surface area contributed by atoms with Crippen molar-refractivity contribution in [3.8, 4) is 0 Å². The van der Waals surface area contributed by atoms with Crippen molar-refractivity contribution < 1.29 is 13.2 Å². The molecule has 6 nitrogen and oxygen atoms in total. The van der Waals surface area contributed by atoms with Crippen LogP contribution in [0.1, 0.15) is 12.5 Å². The summed E-state index contributed by atoms with van der Waals surface area (Å²) in [5.41, 5.74) is 6.52. The number of likely N-dealkylation sites (N-methyl/N-ethyl adjacent to an activating group) is 1. The third kappa shape index (κ3) is 3.44. The maximum Gasteiger partial charge on any atom is 0.241 e. The van der Waals surface area contributed by atoms with E-state index >= 15 is 0 Å². The van der Waals surface area contributed by atoms with E-state index in [-0.39, 0.29) is 17.3 Å². The minimum Gasteiger partial charge on any atom is -0.398 e. The summed E-state index contributed by atoms with van der Waals surface area (Å²) in [4.78, 5) is 11.3. The fourth-order valence-corrected chi connectivity index (χ4v) is 2.68. The van der Waals surface area contributed by atoms with Gasteiger partial charge in [-0.1, -0.05) is 6.07 Å². The first-order chi connectivity index (χ1) is 8.38. The molecule has 0 fully saturated rings. The second-order valence-corrected chi connectivity index (χ2v) is 5.48. The van der Waals surface area contributed by atoms with Crippen LogP contribution in [-0.4, -0.2) is 27.4 Å². The monoisotopic (exact) mass is 271 g/mol. The Hall–Kier alpha value is -1.60. The van der Waals surface area contributed by atoms with Crippen LogP contribution >= 0.6 is 0 Å². The predicted octanol–water partition coefficient (Wildman–Crippen LogP) is -0.00838. The Bertz CT molecular complexity index is 540. The van der Waals surface area contributed by atoms with Crippen LogP contribution in [0.3, 0.4) is 0 Å². The number of nitrogen functional groups attached to an aromatic ring is 1. The molecule has 100 valence electrons. The summed E-state index contributed by atoms with van der Waals surface area (Å²) in [5.74, 6) is -0.373. The number of rotatable bonds is 5. The maximum absolute atomic E-state index is 12.0. The van der Waals surface area contributed by atoms with Gasteiger partial charge in [-0.2, -0.15) is 0 Å². The minimum atomic E-state index is -3.72. The molecule has 1 aromatic rings. The fraction of sp³-hybridized carbons (Fsp3) is 0.364. The molecule has 0 atom stereocenters.